The van der Waals surface area contributed by atoms with E-state index in [2.05, 4.69) is 130 Å². The van der Waals surface area contributed by atoms with Crippen molar-refractivity contribution in [1.82, 2.24) is 29.1 Å². The molecule has 4 heterocycles. The first-order chi connectivity index (χ1) is 27.8. The summed E-state index contributed by atoms with van der Waals surface area (Å²) in [4.78, 5) is 20.6. The van der Waals surface area contributed by atoms with E-state index in [9.17, 15) is 0 Å². The van der Waals surface area contributed by atoms with Crippen LogP contribution in [0.2, 0.25) is 0 Å². The van der Waals surface area contributed by atoms with Gasteiger partial charge < -0.3 is 4.57 Å². The second kappa shape index (κ2) is 13.0. The number of rotatable bonds is 6. The molecule has 0 aliphatic rings. The SMILES string of the molecule is c1ccc(-c2cc(-n3c4ccccc4c4ccc5c(c6ccccc6n5-c5nc(-c6ccccc6)nc(-c6ccccc6)n5)c43)cc(-c3ccccc3)n2)cc1. The molecule has 0 N–H and O–H groups in total. The molecule has 6 heteroatoms. The van der Waals surface area contributed by atoms with Crippen LogP contribution in [-0.4, -0.2) is 29.1 Å². The highest BCUT2D eigenvalue weighted by Crippen LogP contribution is 2.42. The van der Waals surface area contributed by atoms with E-state index < -0.39 is 0 Å². The first-order valence-corrected chi connectivity index (χ1v) is 18.7. The van der Waals surface area contributed by atoms with Crippen LogP contribution in [0, 0.1) is 0 Å². The molecular weight excluding hydrogens is 685 g/mol. The van der Waals surface area contributed by atoms with Crippen LogP contribution in [0.3, 0.4) is 0 Å². The summed E-state index contributed by atoms with van der Waals surface area (Å²) in [5.41, 5.74) is 11.1. The van der Waals surface area contributed by atoms with Gasteiger partial charge in [-0.25, -0.2) is 9.97 Å². The van der Waals surface area contributed by atoms with Gasteiger partial charge in [0.05, 0.1) is 39.1 Å². The summed E-state index contributed by atoms with van der Waals surface area (Å²) in [6, 6.07) is 67.3. The van der Waals surface area contributed by atoms with Gasteiger partial charge in [-0.05, 0) is 30.3 Å². The van der Waals surface area contributed by atoms with Gasteiger partial charge in [-0.2, -0.15) is 9.97 Å². The Morgan fingerprint density at radius 1 is 0.321 bits per heavy atom. The molecule has 0 saturated heterocycles. The minimum atomic E-state index is 0.563. The smallest absolute Gasteiger partial charge is 0.238 e. The van der Waals surface area contributed by atoms with E-state index in [0.29, 0.717) is 17.6 Å². The van der Waals surface area contributed by atoms with Crippen LogP contribution in [0.15, 0.2) is 194 Å². The molecule has 6 nitrogen and oxygen atoms in total. The minimum absolute atomic E-state index is 0.563. The van der Waals surface area contributed by atoms with Gasteiger partial charge in [0.25, 0.3) is 0 Å². The molecule has 11 rings (SSSR count). The van der Waals surface area contributed by atoms with Crippen LogP contribution in [0.5, 0.6) is 0 Å². The lowest BCUT2D eigenvalue weighted by molar-refractivity contribution is 0.953. The van der Waals surface area contributed by atoms with Gasteiger partial charge in [-0.1, -0.05) is 164 Å². The van der Waals surface area contributed by atoms with E-state index in [1.54, 1.807) is 0 Å². The van der Waals surface area contributed by atoms with Crippen LogP contribution < -0.4 is 0 Å². The number of para-hydroxylation sites is 2. The van der Waals surface area contributed by atoms with Gasteiger partial charge in [-0.15, -0.1) is 0 Å². The molecule has 0 atom stereocenters. The number of pyridine rings is 1. The first-order valence-electron chi connectivity index (χ1n) is 18.7. The van der Waals surface area contributed by atoms with E-state index in [-0.39, 0.29) is 0 Å². The molecular formula is C50H32N6. The topological polar surface area (TPSA) is 61.4 Å². The number of nitrogens with zero attached hydrogens (tertiary/aromatic N) is 6. The van der Waals surface area contributed by atoms with Crippen molar-refractivity contribution >= 4 is 43.6 Å². The summed E-state index contributed by atoms with van der Waals surface area (Å²) < 4.78 is 4.62. The summed E-state index contributed by atoms with van der Waals surface area (Å²) in [5, 5.41) is 4.58. The summed E-state index contributed by atoms with van der Waals surface area (Å²) >= 11 is 0. The molecule has 0 amide bonds. The number of benzene rings is 7. The molecule has 0 spiro atoms. The molecule has 7 aromatic carbocycles. The van der Waals surface area contributed by atoms with Gasteiger partial charge in [0.15, 0.2) is 11.6 Å². The summed E-state index contributed by atoms with van der Waals surface area (Å²) in [7, 11) is 0. The maximum Gasteiger partial charge on any atom is 0.238 e. The lowest BCUT2D eigenvalue weighted by atomic mass is 10.1. The highest BCUT2D eigenvalue weighted by Gasteiger charge is 2.23. The highest BCUT2D eigenvalue weighted by atomic mass is 15.2. The molecule has 0 bridgehead atoms. The van der Waals surface area contributed by atoms with Gasteiger partial charge in [0.1, 0.15) is 0 Å². The monoisotopic (exact) mass is 716 g/mol. The number of hydrogen-bond acceptors (Lipinski definition) is 4. The van der Waals surface area contributed by atoms with Crippen molar-refractivity contribution < 1.29 is 0 Å². The average Bonchev–Trinajstić information content (AvgIpc) is 3.80. The van der Waals surface area contributed by atoms with Gasteiger partial charge >= 0.3 is 0 Å². The van der Waals surface area contributed by atoms with Crippen LogP contribution in [0.1, 0.15) is 0 Å². The van der Waals surface area contributed by atoms with Crippen molar-refractivity contribution in [2.45, 2.75) is 0 Å². The molecule has 0 saturated carbocycles. The van der Waals surface area contributed by atoms with Crippen molar-refractivity contribution in [3.63, 3.8) is 0 Å². The molecule has 4 aromatic heterocycles. The first kappa shape index (κ1) is 31.8. The zero-order chi connectivity index (χ0) is 37.0. The van der Waals surface area contributed by atoms with Crippen LogP contribution in [-0.2, 0) is 0 Å². The van der Waals surface area contributed by atoms with Crippen LogP contribution >= 0.6 is 0 Å². The third-order valence-corrected chi connectivity index (χ3v) is 10.6. The lowest BCUT2D eigenvalue weighted by Gasteiger charge is -2.14. The fourth-order valence-electron chi connectivity index (χ4n) is 8.05. The third-order valence-electron chi connectivity index (χ3n) is 10.6. The van der Waals surface area contributed by atoms with Crippen molar-refractivity contribution in [3.05, 3.63) is 194 Å². The lowest BCUT2D eigenvalue weighted by Crippen LogP contribution is -2.06. The zero-order valence-electron chi connectivity index (χ0n) is 30.2. The van der Waals surface area contributed by atoms with Gasteiger partial charge in [-0.3, -0.25) is 4.57 Å². The number of aromatic nitrogens is 6. The van der Waals surface area contributed by atoms with Crippen LogP contribution in [0.25, 0.3) is 101 Å². The standard InChI is InChI=1S/C50H32N6/c1-5-17-33(18-6-1)41-31-37(32-42(51-41)34-19-7-2-8-20-34)55-43-27-15-13-25-38(43)39-29-30-45-46(47(39)55)40-26-14-16-28-44(40)56(45)50-53-48(35-21-9-3-10-22-35)52-49(54-50)36-23-11-4-12-24-36/h1-32H. The van der Waals surface area contributed by atoms with Crippen molar-refractivity contribution in [3.8, 4) is 56.9 Å². The van der Waals surface area contributed by atoms with E-state index in [0.717, 1.165) is 72.2 Å². The Balaban J connectivity index is 1.25. The Morgan fingerprint density at radius 3 is 1.34 bits per heavy atom. The predicted molar refractivity (Wildman–Crippen MR) is 228 cm³/mol. The number of fused-ring (bicyclic) bond motifs is 7. The molecule has 0 fully saturated rings. The Kier molecular flexibility index (Phi) is 7.38. The quantitative estimate of drug-likeness (QED) is 0.172. The second-order valence-electron chi connectivity index (χ2n) is 13.9. The van der Waals surface area contributed by atoms with Crippen molar-refractivity contribution in [2.75, 3.05) is 0 Å². The van der Waals surface area contributed by atoms with E-state index in [4.69, 9.17) is 19.9 Å². The minimum Gasteiger partial charge on any atom is -0.308 e. The maximum absolute atomic E-state index is 5.23. The molecule has 11 aromatic rings. The van der Waals surface area contributed by atoms with E-state index >= 15 is 0 Å². The van der Waals surface area contributed by atoms with Crippen LogP contribution in [0.4, 0.5) is 0 Å². The third kappa shape index (κ3) is 5.19. The normalized spacial score (nSPS) is 11.6. The summed E-state index contributed by atoms with van der Waals surface area (Å²) in [6.45, 7) is 0. The Hall–Kier alpha value is -7.70. The largest absolute Gasteiger partial charge is 0.308 e. The molecule has 0 unspecified atom stereocenters. The highest BCUT2D eigenvalue weighted by molar-refractivity contribution is 6.26. The predicted octanol–water partition coefficient (Wildman–Crippen LogP) is 12.1. The Labute approximate surface area is 322 Å². The average molecular weight is 717 g/mol. The zero-order valence-corrected chi connectivity index (χ0v) is 30.2. The molecule has 0 aliphatic carbocycles. The molecule has 56 heavy (non-hydrogen) atoms. The maximum atomic E-state index is 5.23. The van der Waals surface area contributed by atoms with Gasteiger partial charge in [0.2, 0.25) is 5.95 Å². The van der Waals surface area contributed by atoms with Crippen molar-refractivity contribution in [1.29, 1.82) is 0 Å². The van der Waals surface area contributed by atoms with Gasteiger partial charge in [0, 0.05) is 43.8 Å². The Bertz CT molecular complexity index is 3110. The molecule has 262 valence electrons. The fourth-order valence-corrected chi connectivity index (χ4v) is 8.05. The second-order valence-corrected chi connectivity index (χ2v) is 13.9. The summed E-state index contributed by atoms with van der Waals surface area (Å²) in [5.74, 6) is 1.80. The van der Waals surface area contributed by atoms with E-state index in [1.807, 2.05) is 72.8 Å². The molecule has 0 aliphatic heterocycles. The van der Waals surface area contributed by atoms with Crippen molar-refractivity contribution in [2.24, 2.45) is 0 Å². The van der Waals surface area contributed by atoms with E-state index in [1.165, 1.54) is 10.8 Å². The summed E-state index contributed by atoms with van der Waals surface area (Å²) in [6.07, 6.45) is 0. The fraction of sp³-hybridized carbons (Fsp3) is 0. The Morgan fingerprint density at radius 2 is 0.786 bits per heavy atom. The molecule has 0 radical (unpaired) electrons. The number of hydrogen-bond donors (Lipinski definition) is 0.